The van der Waals surface area contributed by atoms with Crippen LogP contribution in [0.15, 0.2) is 53.5 Å². The van der Waals surface area contributed by atoms with Crippen molar-refractivity contribution in [2.75, 3.05) is 14.1 Å². The molecule has 2 aromatic rings. The first-order valence-corrected chi connectivity index (χ1v) is 10.6. The molecule has 0 atom stereocenters. The number of guanidine groups is 1. The van der Waals surface area contributed by atoms with Gasteiger partial charge in [-0.1, -0.05) is 55.5 Å². The van der Waals surface area contributed by atoms with Crippen LogP contribution in [0, 0.1) is 0 Å². The number of aliphatic imine (C=N–C) groups is 1. The number of nitrogens with one attached hydrogen (secondary N) is 3. The number of hydrogen-bond donors (Lipinski definition) is 3. The van der Waals surface area contributed by atoms with Crippen LogP contribution in [-0.4, -0.2) is 28.5 Å². The van der Waals surface area contributed by atoms with E-state index in [2.05, 4.69) is 45.5 Å². The zero-order valence-corrected chi connectivity index (χ0v) is 16.9. The zero-order valence-electron chi connectivity index (χ0n) is 16.1. The van der Waals surface area contributed by atoms with Crippen LogP contribution >= 0.6 is 0 Å². The van der Waals surface area contributed by atoms with Crippen molar-refractivity contribution in [1.29, 1.82) is 0 Å². The van der Waals surface area contributed by atoms with Crippen LogP contribution in [0.4, 0.5) is 0 Å². The summed E-state index contributed by atoms with van der Waals surface area (Å²) in [4.78, 5) is 4.26. The van der Waals surface area contributed by atoms with Crippen LogP contribution in [-0.2, 0) is 35.3 Å². The maximum Gasteiger partial charge on any atom is 0.215 e. The molecule has 0 aliphatic rings. The van der Waals surface area contributed by atoms with Crippen LogP contribution in [0.2, 0.25) is 0 Å². The fraction of sp³-hybridized carbons (Fsp3) is 0.350. The maximum atomic E-state index is 11.7. The average Bonchev–Trinajstić information content (AvgIpc) is 2.68. The molecule has 2 aromatic carbocycles. The van der Waals surface area contributed by atoms with Crippen LogP contribution in [0.5, 0.6) is 0 Å². The van der Waals surface area contributed by atoms with E-state index in [-0.39, 0.29) is 5.75 Å². The summed E-state index contributed by atoms with van der Waals surface area (Å²) in [5, 5.41) is 6.60. The number of rotatable bonds is 8. The molecule has 0 amide bonds. The molecule has 0 radical (unpaired) electrons. The van der Waals surface area contributed by atoms with Crippen molar-refractivity contribution in [1.82, 2.24) is 15.4 Å². The van der Waals surface area contributed by atoms with Crippen molar-refractivity contribution < 1.29 is 8.42 Å². The highest BCUT2D eigenvalue weighted by molar-refractivity contribution is 7.88. The first-order chi connectivity index (χ1) is 13.0. The summed E-state index contributed by atoms with van der Waals surface area (Å²) in [6.07, 6.45) is 0.992. The van der Waals surface area contributed by atoms with Crippen LogP contribution in [0.3, 0.4) is 0 Å². The Labute approximate surface area is 162 Å². The van der Waals surface area contributed by atoms with E-state index in [4.69, 9.17) is 0 Å². The number of aryl methyl sites for hydroxylation is 1. The molecule has 0 bridgehead atoms. The Morgan fingerprint density at radius 2 is 1.63 bits per heavy atom. The van der Waals surface area contributed by atoms with Crippen molar-refractivity contribution in [2.24, 2.45) is 4.99 Å². The van der Waals surface area contributed by atoms with Crippen molar-refractivity contribution in [3.8, 4) is 0 Å². The molecule has 0 unspecified atom stereocenters. The minimum Gasteiger partial charge on any atom is -0.352 e. The second-order valence-electron chi connectivity index (χ2n) is 6.18. The molecule has 3 N–H and O–H groups in total. The van der Waals surface area contributed by atoms with Gasteiger partial charge < -0.3 is 10.6 Å². The van der Waals surface area contributed by atoms with Gasteiger partial charge in [0.1, 0.15) is 0 Å². The van der Waals surface area contributed by atoms with Crippen molar-refractivity contribution in [3.63, 3.8) is 0 Å². The van der Waals surface area contributed by atoms with E-state index in [1.54, 1.807) is 7.05 Å². The van der Waals surface area contributed by atoms with Crippen LogP contribution < -0.4 is 15.4 Å². The number of benzene rings is 2. The summed E-state index contributed by atoms with van der Waals surface area (Å²) in [7, 11) is -0.121. The fourth-order valence-corrected chi connectivity index (χ4v) is 3.54. The molecule has 27 heavy (non-hydrogen) atoms. The summed E-state index contributed by atoms with van der Waals surface area (Å²) in [6.45, 7) is 3.40. The second kappa shape index (κ2) is 10.1. The van der Waals surface area contributed by atoms with E-state index in [9.17, 15) is 8.42 Å². The first kappa shape index (κ1) is 20.9. The molecule has 0 fully saturated rings. The van der Waals surface area contributed by atoms with Crippen LogP contribution in [0.1, 0.15) is 29.2 Å². The minimum atomic E-state index is -3.28. The van der Waals surface area contributed by atoms with Crippen molar-refractivity contribution in [2.45, 2.75) is 32.2 Å². The Hall–Kier alpha value is -2.38. The Balaban J connectivity index is 1.94. The third-order valence-corrected chi connectivity index (χ3v) is 5.62. The third kappa shape index (κ3) is 6.69. The lowest BCUT2D eigenvalue weighted by atomic mass is 10.1. The van der Waals surface area contributed by atoms with Gasteiger partial charge in [-0.2, -0.15) is 0 Å². The smallest absolute Gasteiger partial charge is 0.215 e. The number of hydrogen-bond acceptors (Lipinski definition) is 3. The van der Waals surface area contributed by atoms with Crippen molar-refractivity contribution in [3.05, 3.63) is 70.8 Å². The molecule has 2 rings (SSSR count). The maximum absolute atomic E-state index is 11.7. The average molecular weight is 389 g/mol. The summed E-state index contributed by atoms with van der Waals surface area (Å²) >= 11 is 0. The molecular formula is C20H28N4O2S. The lowest BCUT2D eigenvalue weighted by Gasteiger charge is -2.14. The highest BCUT2D eigenvalue weighted by Gasteiger charge is 2.09. The molecule has 6 nitrogen and oxygen atoms in total. The summed E-state index contributed by atoms with van der Waals surface area (Å²) < 4.78 is 25.8. The van der Waals surface area contributed by atoms with Gasteiger partial charge in [0.25, 0.3) is 0 Å². The predicted octanol–water partition coefficient (Wildman–Crippen LogP) is 2.16. The minimum absolute atomic E-state index is 0.0296. The summed E-state index contributed by atoms with van der Waals surface area (Å²) in [6, 6.07) is 15.9. The molecule has 0 heterocycles. The van der Waals surface area contributed by atoms with E-state index in [0.29, 0.717) is 19.0 Å². The molecular weight excluding hydrogens is 360 g/mol. The normalized spacial score (nSPS) is 12.0. The second-order valence-corrected chi connectivity index (χ2v) is 8.11. The molecule has 146 valence electrons. The third-order valence-electron chi connectivity index (χ3n) is 4.29. The first-order valence-electron chi connectivity index (χ1n) is 8.97. The molecule has 0 aliphatic carbocycles. The molecule has 0 spiro atoms. The molecule has 0 saturated heterocycles. The van der Waals surface area contributed by atoms with Gasteiger partial charge in [-0.05, 0) is 35.7 Å². The summed E-state index contributed by atoms with van der Waals surface area (Å²) in [5.74, 6) is 0.673. The van der Waals surface area contributed by atoms with E-state index in [0.717, 1.165) is 17.5 Å². The van der Waals surface area contributed by atoms with Gasteiger partial charge in [-0.25, -0.2) is 13.1 Å². The van der Waals surface area contributed by atoms with Gasteiger partial charge in [0.2, 0.25) is 10.0 Å². The Morgan fingerprint density at radius 1 is 0.963 bits per heavy atom. The zero-order chi connectivity index (χ0) is 19.7. The SMILES string of the molecule is CCc1ccccc1CNC(=NC)NCc1cccc(CS(=O)(=O)NC)c1. The number of nitrogens with zero attached hydrogens (tertiary/aromatic N) is 1. The van der Waals surface area contributed by atoms with Gasteiger partial charge in [-0.15, -0.1) is 0 Å². The Bertz CT molecular complexity index is 879. The lowest BCUT2D eigenvalue weighted by molar-refractivity contribution is 0.587. The lowest BCUT2D eigenvalue weighted by Crippen LogP contribution is -2.36. The molecule has 0 aromatic heterocycles. The topological polar surface area (TPSA) is 82.6 Å². The van der Waals surface area contributed by atoms with Gasteiger partial charge in [0, 0.05) is 20.1 Å². The van der Waals surface area contributed by atoms with Gasteiger partial charge in [0.05, 0.1) is 5.75 Å². The largest absolute Gasteiger partial charge is 0.352 e. The fourth-order valence-electron chi connectivity index (χ4n) is 2.78. The summed E-state index contributed by atoms with van der Waals surface area (Å²) in [5.41, 5.74) is 4.32. The van der Waals surface area contributed by atoms with Gasteiger partial charge in [0.15, 0.2) is 5.96 Å². The molecule has 7 heteroatoms. The van der Waals surface area contributed by atoms with Crippen LogP contribution in [0.25, 0.3) is 0 Å². The monoisotopic (exact) mass is 388 g/mol. The molecule has 0 saturated carbocycles. The standard InChI is InChI=1S/C20H28N4O2S/c1-4-18-10-5-6-11-19(18)14-24-20(21-2)23-13-16-8-7-9-17(12-16)15-27(25,26)22-3/h5-12,22H,4,13-15H2,1-3H3,(H2,21,23,24). The van der Waals surface area contributed by atoms with E-state index < -0.39 is 10.0 Å². The van der Waals surface area contributed by atoms with E-state index in [1.165, 1.54) is 18.2 Å². The Kier molecular flexibility index (Phi) is 7.82. The van der Waals surface area contributed by atoms with E-state index in [1.807, 2.05) is 30.3 Å². The predicted molar refractivity (Wildman–Crippen MR) is 111 cm³/mol. The quantitative estimate of drug-likeness (QED) is 0.478. The molecule has 0 aliphatic heterocycles. The van der Waals surface area contributed by atoms with E-state index >= 15 is 0 Å². The highest BCUT2D eigenvalue weighted by atomic mass is 32.2. The Morgan fingerprint density at radius 3 is 2.30 bits per heavy atom. The van der Waals surface area contributed by atoms with Crippen molar-refractivity contribution >= 4 is 16.0 Å². The van der Waals surface area contributed by atoms with Gasteiger partial charge in [-0.3, -0.25) is 4.99 Å². The number of sulfonamides is 1. The highest BCUT2D eigenvalue weighted by Crippen LogP contribution is 2.10. The van der Waals surface area contributed by atoms with Gasteiger partial charge >= 0.3 is 0 Å².